The van der Waals surface area contributed by atoms with Crippen molar-refractivity contribution < 1.29 is 13.5 Å². The zero-order valence-corrected chi connectivity index (χ0v) is 13.7. The highest BCUT2D eigenvalue weighted by atomic mass is 32.2. The van der Waals surface area contributed by atoms with Gasteiger partial charge >= 0.3 is 0 Å². The standard InChI is InChI=1S/C13H17NO3S3/c1-20(16,17)13-10-18-6-4-14(13)8-12-7-11(9-19-12)3-2-5-15/h7,9,13,15H,4-6,8,10H2,1H3. The fraction of sp³-hybridized carbons (Fsp3) is 0.538. The smallest absolute Gasteiger partial charge is 0.164 e. The van der Waals surface area contributed by atoms with Crippen LogP contribution in [0.4, 0.5) is 0 Å². The van der Waals surface area contributed by atoms with Gasteiger partial charge in [0.25, 0.3) is 0 Å². The first-order valence-electron chi connectivity index (χ1n) is 6.18. The van der Waals surface area contributed by atoms with E-state index in [9.17, 15) is 8.42 Å². The van der Waals surface area contributed by atoms with Gasteiger partial charge in [-0.1, -0.05) is 11.8 Å². The molecular formula is C13H17NO3S3. The third kappa shape index (κ3) is 4.24. The van der Waals surface area contributed by atoms with Crippen LogP contribution >= 0.6 is 23.1 Å². The molecule has 1 atom stereocenters. The molecule has 1 saturated heterocycles. The van der Waals surface area contributed by atoms with Crippen LogP contribution in [-0.4, -0.2) is 54.7 Å². The molecule has 20 heavy (non-hydrogen) atoms. The molecule has 1 aliphatic rings. The van der Waals surface area contributed by atoms with E-state index in [0.29, 0.717) is 12.3 Å². The summed E-state index contributed by atoms with van der Waals surface area (Å²) in [6.45, 7) is 1.28. The van der Waals surface area contributed by atoms with E-state index in [0.717, 1.165) is 22.7 Å². The Morgan fingerprint density at radius 2 is 2.35 bits per heavy atom. The minimum absolute atomic E-state index is 0.148. The molecular weight excluding hydrogens is 314 g/mol. The molecule has 0 aliphatic carbocycles. The molecule has 1 fully saturated rings. The fourth-order valence-corrected chi connectivity index (χ4v) is 5.84. The number of nitrogens with zero attached hydrogens (tertiary/aromatic N) is 1. The molecule has 110 valence electrons. The van der Waals surface area contributed by atoms with Crippen molar-refractivity contribution in [2.24, 2.45) is 0 Å². The summed E-state index contributed by atoms with van der Waals surface area (Å²) in [6, 6.07) is 1.97. The van der Waals surface area contributed by atoms with E-state index in [2.05, 4.69) is 11.8 Å². The van der Waals surface area contributed by atoms with Crippen LogP contribution in [0, 0.1) is 11.8 Å². The molecule has 4 nitrogen and oxygen atoms in total. The number of aliphatic hydroxyl groups excluding tert-OH is 1. The third-order valence-corrected chi connectivity index (χ3v) is 6.62. The van der Waals surface area contributed by atoms with Gasteiger partial charge in [0.1, 0.15) is 12.0 Å². The average Bonchev–Trinajstić information content (AvgIpc) is 2.83. The number of thiophene rings is 1. The lowest BCUT2D eigenvalue weighted by Gasteiger charge is -2.33. The lowest BCUT2D eigenvalue weighted by atomic mass is 10.3. The van der Waals surface area contributed by atoms with Crippen molar-refractivity contribution in [3.8, 4) is 11.8 Å². The van der Waals surface area contributed by atoms with Crippen LogP contribution < -0.4 is 0 Å². The Morgan fingerprint density at radius 3 is 3.05 bits per heavy atom. The van der Waals surface area contributed by atoms with E-state index in [1.54, 1.807) is 23.1 Å². The van der Waals surface area contributed by atoms with Crippen molar-refractivity contribution in [3.05, 3.63) is 21.9 Å². The maximum absolute atomic E-state index is 11.8. The van der Waals surface area contributed by atoms with Crippen LogP contribution in [0.25, 0.3) is 0 Å². The predicted octanol–water partition coefficient (Wildman–Crippen LogP) is 1.01. The Balaban J connectivity index is 2.09. The SMILES string of the molecule is CS(=O)(=O)C1CSCCN1Cc1cc(C#CCO)cs1. The third-order valence-electron chi connectivity index (χ3n) is 3.01. The second-order valence-electron chi connectivity index (χ2n) is 4.59. The Bertz CT molecular complexity index is 612. The van der Waals surface area contributed by atoms with Crippen molar-refractivity contribution >= 4 is 32.9 Å². The maximum atomic E-state index is 11.8. The van der Waals surface area contributed by atoms with Crippen LogP contribution in [-0.2, 0) is 16.4 Å². The molecule has 0 spiro atoms. The Kier molecular flexibility index (Phi) is 5.52. The van der Waals surface area contributed by atoms with Gasteiger partial charge in [0.05, 0.1) is 0 Å². The zero-order chi connectivity index (χ0) is 14.6. The first-order valence-corrected chi connectivity index (χ1v) is 10.2. The van der Waals surface area contributed by atoms with E-state index in [1.165, 1.54) is 6.26 Å². The quantitative estimate of drug-likeness (QED) is 0.838. The molecule has 0 bridgehead atoms. The fourth-order valence-electron chi connectivity index (χ4n) is 2.06. The Hall–Kier alpha value is -0.520. The van der Waals surface area contributed by atoms with E-state index >= 15 is 0 Å². The second kappa shape index (κ2) is 6.96. The summed E-state index contributed by atoms with van der Waals surface area (Å²) in [5.74, 6) is 7.08. The van der Waals surface area contributed by atoms with Gasteiger partial charge < -0.3 is 5.11 Å². The maximum Gasteiger partial charge on any atom is 0.164 e. The molecule has 1 aromatic heterocycles. The van der Waals surface area contributed by atoms with E-state index in [-0.39, 0.29) is 6.61 Å². The van der Waals surface area contributed by atoms with Crippen LogP contribution in [0.3, 0.4) is 0 Å². The highest BCUT2D eigenvalue weighted by molar-refractivity contribution is 8.00. The molecule has 0 saturated carbocycles. The lowest BCUT2D eigenvalue weighted by Crippen LogP contribution is -2.46. The number of thioether (sulfide) groups is 1. The van der Waals surface area contributed by atoms with Gasteiger partial charge in [-0.2, -0.15) is 11.8 Å². The van der Waals surface area contributed by atoms with Crippen LogP contribution in [0.15, 0.2) is 11.4 Å². The van der Waals surface area contributed by atoms with E-state index in [1.807, 2.05) is 16.3 Å². The number of hydrogen-bond donors (Lipinski definition) is 1. The van der Waals surface area contributed by atoms with Gasteiger partial charge in [-0.3, -0.25) is 4.90 Å². The largest absolute Gasteiger partial charge is 0.384 e. The summed E-state index contributed by atoms with van der Waals surface area (Å²) >= 11 is 3.27. The summed E-state index contributed by atoms with van der Waals surface area (Å²) in [5.41, 5.74) is 0.876. The molecule has 1 aliphatic heterocycles. The van der Waals surface area contributed by atoms with Crippen LogP contribution in [0.5, 0.6) is 0 Å². The monoisotopic (exact) mass is 331 g/mol. The summed E-state index contributed by atoms with van der Waals surface area (Å²) in [6.07, 6.45) is 1.31. The molecule has 0 aromatic carbocycles. The van der Waals surface area contributed by atoms with Crippen molar-refractivity contribution in [2.45, 2.75) is 11.9 Å². The predicted molar refractivity (Wildman–Crippen MR) is 84.6 cm³/mol. The van der Waals surface area contributed by atoms with Crippen molar-refractivity contribution in [2.75, 3.05) is 30.9 Å². The van der Waals surface area contributed by atoms with E-state index in [4.69, 9.17) is 5.11 Å². The first-order chi connectivity index (χ1) is 9.50. The summed E-state index contributed by atoms with van der Waals surface area (Å²) in [7, 11) is -3.05. The summed E-state index contributed by atoms with van der Waals surface area (Å²) in [5, 5.41) is 10.2. The normalized spacial score (nSPS) is 20.4. The van der Waals surface area contributed by atoms with Crippen LogP contribution in [0.1, 0.15) is 10.4 Å². The second-order valence-corrected chi connectivity index (χ2v) is 8.94. The molecule has 1 aromatic rings. The minimum Gasteiger partial charge on any atom is -0.384 e. The minimum atomic E-state index is -3.05. The number of hydrogen-bond acceptors (Lipinski definition) is 6. The molecule has 2 heterocycles. The van der Waals surface area contributed by atoms with Gasteiger partial charge in [0.15, 0.2) is 9.84 Å². The molecule has 2 rings (SSSR count). The van der Waals surface area contributed by atoms with Crippen molar-refractivity contribution in [1.82, 2.24) is 4.90 Å². The van der Waals surface area contributed by atoms with Crippen LogP contribution in [0.2, 0.25) is 0 Å². The zero-order valence-electron chi connectivity index (χ0n) is 11.2. The van der Waals surface area contributed by atoms with E-state index < -0.39 is 15.2 Å². The molecule has 0 radical (unpaired) electrons. The number of aliphatic hydroxyl groups is 1. The summed E-state index contributed by atoms with van der Waals surface area (Å²) in [4.78, 5) is 3.13. The van der Waals surface area contributed by atoms with Crippen molar-refractivity contribution in [3.63, 3.8) is 0 Å². The molecule has 0 amide bonds. The topological polar surface area (TPSA) is 57.6 Å². The molecule has 7 heteroatoms. The molecule has 1 N–H and O–H groups in total. The average molecular weight is 331 g/mol. The summed E-state index contributed by atoms with van der Waals surface area (Å²) < 4.78 is 23.7. The Morgan fingerprint density at radius 1 is 1.55 bits per heavy atom. The van der Waals surface area contributed by atoms with Gasteiger partial charge in [-0.15, -0.1) is 11.3 Å². The number of sulfone groups is 1. The first kappa shape index (κ1) is 15.9. The van der Waals surface area contributed by atoms with Gasteiger partial charge in [-0.25, -0.2) is 8.42 Å². The number of rotatable bonds is 3. The lowest BCUT2D eigenvalue weighted by molar-refractivity contribution is 0.264. The van der Waals surface area contributed by atoms with Gasteiger partial charge in [0, 0.05) is 46.7 Å². The van der Waals surface area contributed by atoms with Crippen molar-refractivity contribution in [1.29, 1.82) is 0 Å². The molecule has 1 unspecified atom stereocenters. The Labute approximate surface area is 128 Å². The van der Waals surface area contributed by atoms with Gasteiger partial charge in [0.2, 0.25) is 0 Å². The van der Waals surface area contributed by atoms with Gasteiger partial charge in [-0.05, 0) is 6.07 Å². The highest BCUT2D eigenvalue weighted by Crippen LogP contribution is 2.24. The highest BCUT2D eigenvalue weighted by Gasteiger charge is 2.30.